The summed E-state index contributed by atoms with van der Waals surface area (Å²) >= 11 is 2.05. The Morgan fingerprint density at radius 1 is 1.12 bits per heavy atom. The van der Waals surface area contributed by atoms with Gasteiger partial charge in [-0.15, -0.1) is 24.0 Å². The Balaban J connectivity index is 0.00000289. The summed E-state index contributed by atoms with van der Waals surface area (Å²) in [5.41, 5.74) is 2.26. The summed E-state index contributed by atoms with van der Waals surface area (Å²) < 4.78 is 13.2. The van der Waals surface area contributed by atoms with Gasteiger partial charge in [-0.2, -0.15) is 11.8 Å². The molecule has 3 heterocycles. The van der Waals surface area contributed by atoms with E-state index in [0.717, 1.165) is 50.2 Å². The van der Waals surface area contributed by atoms with Crippen molar-refractivity contribution in [2.75, 3.05) is 55.3 Å². The molecule has 2 aliphatic heterocycles. The molecule has 1 unspecified atom stereocenters. The topological polar surface area (TPSA) is 55.8 Å². The van der Waals surface area contributed by atoms with Crippen molar-refractivity contribution in [3.8, 4) is 0 Å². The summed E-state index contributed by atoms with van der Waals surface area (Å²) in [5.74, 6) is 2.93. The molecule has 0 amide bonds. The molecule has 9 heteroatoms. The second kappa shape index (κ2) is 12.5. The molecule has 6 nitrogen and oxygen atoms in total. The molecule has 0 radical (unpaired) electrons. The van der Waals surface area contributed by atoms with Gasteiger partial charge in [0, 0.05) is 63.5 Å². The highest BCUT2D eigenvalue weighted by Crippen LogP contribution is 2.25. The number of guanidine groups is 1. The monoisotopic (exact) mass is 570 g/mol. The fourth-order valence-electron chi connectivity index (χ4n) is 4.01. The maximum absolute atomic E-state index is 13.2. The number of hydrogen-bond acceptors (Lipinski definition) is 5. The zero-order chi connectivity index (χ0) is 21.5. The number of aromatic nitrogens is 1. The molecule has 1 aromatic heterocycles. The van der Waals surface area contributed by atoms with E-state index in [1.807, 2.05) is 43.2 Å². The minimum atomic E-state index is -0.194. The number of rotatable bonds is 6. The van der Waals surface area contributed by atoms with Crippen LogP contribution in [0.4, 0.5) is 15.9 Å². The normalized spacial score (nSPS) is 18.9. The molecule has 0 spiro atoms. The van der Waals surface area contributed by atoms with E-state index in [1.165, 1.54) is 36.3 Å². The Hall–Kier alpha value is -1.75. The fourth-order valence-corrected chi connectivity index (χ4v) is 5.21. The van der Waals surface area contributed by atoms with Gasteiger partial charge in [-0.05, 0) is 60.6 Å². The summed E-state index contributed by atoms with van der Waals surface area (Å²) in [6.45, 7) is 5.25. The predicted octanol–water partition coefficient (Wildman–Crippen LogP) is 3.73. The Labute approximate surface area is 211 Å². The zero-order valence-electron chi connectivity index (χ0n) is 18.5. The molecule has 2 N–H and O–H groups in total. The van der Waals surface area contributed by atoms with Gasteiger partial charge in [0.15, 0.2) is 5.96 Å². The second-order valence-corrected chi connectivity index (χ2v) is 9.32. The third kappa shape index (κ3) is 6.87. The van der Waals surface area contributed by atoms with Crippen molar-refractivity contribution in [2.24, 2.45) is 4.99 Å². The number of nitrogens with zero attached hydrogens (tertiary/aromatic N) is 4. The van der Waals surface area contributed by atoms with Gasteiger partial charge in [0.2, 0.25) is 0 Å². The SMILES string of the molecule is CN=C(NCc1ccnc(N2CCN(c3ccc(F)cc3)CC2)c1)NCC1CCCS1.I. The van der Waals surface area contributed by atoms with E-state index in [2.05, 4.69) is 36.5 Å². The Morgan fingerprint density at radius 2 is 1.88 bits per heavy atom. The van der Waals surface area contributed by atoms with E-state index < -0.39 is 0 Å². The highest BCUT2D eigenvalue weighted by Gasteiger charge is 2.19. The maximum atomic E-state index is 13.2. The van der Waals surface area contributed by atoms with Crippen molar-refractivity contribution in [2.45, 2.75) is 24.6 Å². The molecule has 1 atom stereocenters. The summed E-state index contributed by atoms with van der Waals surface area (Å²) in [6, 6.07) is 10.9. The van der Waals surface area contributed by atoms with E-state index in [1.54, 1.807) is 0 Å². The van der Waals surface area contributed by atoms with E-state index in [4.69, 9.17) is 0 Å². The molecule has 0 aliphatic carbocycles. The van der Waals surface area contributed by atoms with Gasteiger partial charge in [0.05, 0.1) is 0 Å². The first-order chi connectivity index (χ1) is 15.2. The largest absolute Gasteiger partial charge is 0.368 e. The molecule has 0 saturated carbocycles. The number of piperazine rings is 1. The average molecular weight is 571 g/mol. The lowest BCUT2D eigenvalue weighted by Gasteiger charge is -2.36. The summed E-state index contributed by atoms with van der Waals surface area (Å²) in [5, 5.41) is 7.56. The van der Waals surface area contributed by atoms with Crippen molar-refractivity contribution in [3.05, 3.63) is 54.0 Å². The van der Waals surface area contributed by atoms with Crippen LogP contribution in [-0.2, 0) is 6.54 Å². The van der Waals surface area contributed by atoms with E-state index in [9.17, 15) is 4.39 Å². The molecule has 32 heavy (non-hydrogen) atoms. The van der Waals surface area contributed by atoms with Gasteiger partial charge in [-0.25, -0.2) is 9.37 Å². The van der Waals surface area contributed by atoms with E-state index >= 15 is 0 Å². The molecule has 2 aliphatic rings. The van der Waals surface area contributed by atoms with Crippen molar-refractivity contribution >= 4 is 53.2 Å². The third-order valence-electron chi connectivity index (χ3n) is 5.81. The maximum Gasteiger partial charge on any atom is 0.191 e. The molecular formula is C23H32FIN6S. The molecule has 2 saturated heterocycles. The predicted molar refractivity (Wildman–Crippen MR) is 144 cm³/mol. The van der Waals surface area contributed by atoms with Crippen LogP contribution in [0.5, 0.6) is 0 Å². The number of anilines is 2. The molecule has 2 aromatic rings. The van der Waals surface area contributed by atoms with Crippen LogP contribution in [0.3, 0.4) is 0 Å². The smallest absolute Gasteiger partial charge is 0.191 e. The molecular weight excluding hydrogens is 538 g/mol. The summed E-state index contributed by atoms with van der Waals surface area (Å²) in [4.78, 5) is 13.5. The number of halogens is 2. The molecule has 4 rings (SSSR count). The Morgan fingerprint density at radius 3 is 2.56 bits per heavy atom. The number of nitrogens with one attached hydrogen (secondary N) is 2. The van der Waals surface area contributed by atoms with E-state index in [0.29, 0.717) is 11.8 Å². The number of benzene rings is 1. The molecule has 0 bridgehead atoms. The molecule has 1 aromatic carbocycles. The average Bonchev–Trinajstić information content (AvgIpc) is 3.34. The molecule has 2 fully saturated rings. The third-order valence-corrected chi connectivity index (χ3v) is 7.21. The van der Waals surface area contributed by atoms with Gasteiger partial charge < -0.3 is 20.4 Å². The van der Waals surface area contributed by atoms with Crippen LogP contribution in [0, 0.1) is 5.82 Å². The number of aliphatic imine (C=N–C) groups is 1. The second-order valence-electron chi connectivity index (χ2n) is 7.91. The fraction of sp³-hybridized carbons (Fsp3) is 0.478. The first-order valence-electron chi connectivity index (χ1n) is 11.0. The highest BCUT2D eigenvalue weighted by atomic mass is 127. The van der Waals surface area contributed by atoms with Crippen LogP contribution in [-0.4, -0.2) is 61.7 Å². The van der Waals surface area contributed by atoms with Gasteiger partial charge in [-0.3, -0.25) is 4.99 Å². The van der Waals surface area contributed by atoms with Crippen LogP contribution in [0.2, 0.25) is 0 Å². The van der Waals surface area contributed by atoms with E-state index in [-0.39, 0.29) is 29.8 Å². The summed E-state index contributed by atoms with van der Waals surface area (Å²) in [6.07, 6.45) is 4.49. The van der Waals surface area contributed by atoms with Crippen LogP contribution in [0.1, 0.15) is 18.4 Å². The number of pyridine rings is 1. The highest BCUT2D eigenvalue weighted by molar-refractivity contribution is 14.0. The first kappa shape index (κ1) is 24.9. The Bertz CT molecular complexity index is 867. The van der Waals surface area contributed by atoms with Gasteiger partial charge >= 0.3 is 0 Å². The summed E-state index contributed by atoms with van der Waals surface area (Å²) in [7, 11) is 1.82. The van der Waals surface area contributed by atoms with Crippen molar-refractivity contribution < 1.29 is 4.39 Å². The lowest BCUT2D eigenvalue weighted by atomic mass is 10.2. The first-order valence-corrected chi connectivity index (χ1v) is 12.0. The van der Waals surface area contributed by atoms with Crippen LogP contribution in [0.25, 0.3) is 0 Å². The van der Waals surface area contributed by atoms with Gasteiger partial charge in [0.1, 0.15) is 11.6 Å². The lowest BCUT2D eigenvalue weighted by molar-refractivity contribution is 0.624. The van der Waals surface area contributed by atoms with Crippen molar-refractivity contribution in [1.29, 1.82) is 0 Å². The van der Waals surface area contributed by atoms with Crippen LogP contribution >= 0.6 is 35.7 Å². The number of hydrogen-bond donors (Lipinski definition) is 2. The van der Waals surface area contributed by atoms with Gasteiger partial charge in [-0.1, -0.05) is 0 Å². The van der Waals surface area contributed by atoms with Crippen LogP contribution in [0.15, 0.2) is 47.6 Å². The Kier molecular flexibility index (Phi) is 9.70. The van der Waals surface area contributed by atoms with Crippen molar-refractivity contribution in [1.82, 2.24) is 15.6 Å². The van der Waals surface area contributed by atoms with Crippen LogP contribution < -0.4 is 20.4 Å². The van der Waals surface area contributed by atoms with Crippen molar-refractivity contribution in [3.63, 3.8) is 0 Å². The lowest BCUT2D eigenvalue weighted by Crippen LogP contribution is -2.46. The quantitative estimate of drug-likeness (QED) is 0.314. The molecule has 174 valence electrons. The number of thioether (sulfide) groups is 1. The van der Waals surface area contributed by atoms with Gasteiger partial charge in [0.25, 0.3) is 0 Å². The minimum Gasteiger partial charge on any atom is -0.368 e. The minimum absolute atomic E-state index is 0. The standard InChI is InChI=1S/C23H31FN6S.HI/c1-25-23(28-17-21-3-2-14-31-21)27-16-18-8-9-26-22(15-18)30-12-10-29(11-13-30)20-6-4-19(24)5-7-20;/h4-9,15,21H,2-3,10-14,16-17H2,1H3,(H2,25,27,28);1H. The zero-order valence-corrected chi connectivity index (χ0v) is 21.6.